The molecule has 0 spiro atoms. The van der Waals surface area contributed by atoms with Crippen molar-refractivity contribution in [3.05, 3.63) is 71.8 Å². The molecule has 2 aromatic carbocycles. The lowest BCUT2D eigenvalue weighted by molar-refractivity contribution is 0.687. The number of nitrogens with zero attached hydrogens (tertiary/aromatic N) is 2. The van der Waals surface area contributed by atoms with E-state index in [2.05, 4.69) is 35.3 Å². The van der Waals surface area contributed by atoms with E-state index < -0.39 is 0 Å². The highest BCUT2D eigenvalue weighted by Crippen LogP contribution is 2.33. The van der Waals surface area contributed by atoms with Crippen LogP contribution >= 0.6 is 0 Å². The minimum absolute atomic E-state index is 0.182. The molecule has 0 saturated heterocycles. The Balaban J connectivity index is 1.91. The first-order valence-corrected chi connectivity index (χ1v) is 6.45. The summed E-state index contributed by atoms with van der Waals surface area (Å²) in [5, 5.41) is 9.31. The average molecular weight is 246 g/mol. The largest absolute Gasteiger partial charge is 0.270 e. The van der Waals surface area contributed by atoms with Crippen LogP contribution in [0.4, 0.5) is 0 Å². The Bertz CT molecular complexity index is 623. The third kappa shape index (κ3) is 2.28. The highest BCUT2D eigenvalue weighted by atomic mass is 14.8. The molecule has 0 bridgehead atoms. The summed E-state index contributed by atoms with van der Waals surface area (Å²) in [7, 11) is 0. The normalized spacial score (nSPS) is 21.7. The fourth-order valence-corrected chi connectivity index (χ4v) is 2.57. The van der Waals surface area contributed by atoms with Crippen molar-refractivity contribution in [3.63, 3.8) is 0 Å². The Hall–Kier alpha value is -2.40. The number of hydrogen-bond donors (Lipinski definition) is 0. The van der Waals surface area contributed by atoms with Crippen molar-refractivity contribution in [1.82, 2.24) is 0 Å². The van der Waals surface area contributed by atoms with Crippen LogP contribution in [0, 0.1) is 11.3 Å². The highest BCUT2D eigenvalue weighted by Gasteiger charge is 2.30. The van der Waals surface area contributed by atoms with Gasteiger partial charge in [0.1, 0.15) is 6.04 Å². The van der Waals surface area contributed by atoms with Gasteiger partial charge in [0, 0.05) is 11.6 Å². The highest BCUT2D eigenvalue weighted by molar-refractivity contribution is 6.02. The molecular weight excluding hydrogens is 232 g/mol. The lowest BCUT2D eigenvalue weighted by atomic mass is 9.90. The molecule has 2 unspecified atom stereocenters. The first-order valence-electron chi connectivity index (χ1n) is 6.45. The van der Waals surface area contributed by atoms with Crippen LogP contribution in [-0.4, -0.2) is 11.8 Å². The Morgan fingerprint density at radius 3 is 2.21 bits per heavy atom. The minimum atomic E-state index is -0.266. The SMILES string of the molecule is N#CC1N=C(c2ccccc2)CC1c1ccccc1. The number of rotatable bonds is 2. The molecule has 0 aliphatic carbocycles. The van der Waals surface area contributed by atoms with Crippen molar-refractivity contribution in [2.75, 3.05) is 0 Å². The molecule has 0 N–H and O–H groups in total. The van der Waals surface area contributed by atoms with Gasteiger partial charge in [0.05, 0.1) is 6.07 Å². The zero-order valence-corrected chi connectivity index (χ0v) is 10.5. The second kappa shape index (κ2) is 5.07. The van der Waals surface area contributed by atoms with Crippen LogP contribution in [0.1, 0.15) is 23.5 Å². The van der Waals surface area contributed by atoms with E-state index in [1.165, 1.54) is 5.56 Å². The lowest BCUT2D eigenvalue weighted by Crippen LogP contribution is -2.09. The molecule has 3 rings (SSSR count). The summed E-state index contributed by atoms with van der Waals surface area (Å²) in [5.74, 6) is 0.182. The first-order chi connectivity index (χ1) is 9.38. The van der Waals surface area contributed by atoms with Gasteiger partial charge in [0.25, 0.3) is 0 Å². The monoisotopic (exact) mass is 246 g/mol. The molecule has 0 amide bonds. The van der Waals surface area contributed by atoms with E-state index in [0.29, 0.717) is 0 Å². The predicted molar refractivity (Wildman–Crippen MR) is 76.2 cm³/mol. The molecular formula is C17H14N2. The van der Waals surface area contributed by atoms with E-state index in [1.807, 2.05) is 36.4 Å². The molecule has 0 saturated carbocycles. The van der Waals surface area contributed by atoms with Crippen LogP contribution in [-0.2, 0) is 0 Å². The number of hydrogen-bond acceptors (Lipinski definition) is 2. The third-order valence-corrected chi connectivity index (χ3v) is 3.56. The molecule has 1 aliphatic heterocycles. The maximum Gasteiger partial charge on any atom is 0.144 e. The summed E-state index contributed by atoms with van der Waals surface area (Å²) in [4.78, 5) is 4.59. The van der Waals surface area contributed by atoms with Crippen molar-refractivity contribution in [2.45, 2.75) is 18.4 Å². The smallest absolute Gasteiger partial charge is 0.144 e. The molecule has 2 heteroatoms. The molecule has 0 radical (unpaired) electrons. The summed E-state index contributed by atoms with van der Waals surface area (Å²) < 4.78 is 0. The molecule has 1 aliphatic rings. The topological polar surface area (TPSA) is 36.1 Å². The van der Waals surface area contributed by atoms with Crippen LogP contribution in [0.25, 0.3) is 0 Å². The van der Waals surface area contributed by atoms with E-state index in [9.17, 15) is 5.26 Å². The van der Waals surface area contributed by atoms with Gasteiger partial charge < -0.3 is 0 Å². The van der Waals surface area contributed by atoms with E-state index in [1.54, 1.807) is 0 Å². The third-order valence-electron chi connectivity index (χ3n) is 3.56. The molecule has 2 atom stereocenters. The Kier molecular flexibility index (Phi) is 3.12. The van der Waals surface area contributed by atoms with Gasteiger partial charge in [-0.2, -0.15) is 5.26 Å². The maximum absolute atomic E-state index is 9.31. The van der Waals surface area contributed by atoms with Crippen LogP contribution in [0.2, 0.25) is 0 Å². The van der Waals surface area contributed by atoms with E-state index in [4.69, 9.17) is 0 Å². The van der Waals surface area contributed by atoms with Crippen LogP contribution in [0.5, 0.6) is 0 Å². The minimum Gasteiger partial charge on any atom is -0.270 e. The number of nitriles is 1. The summed E-state index contributed by atoms with van der Waals surface area (Å²) in [6.07, 6.45) is 0.840. The van der Waals surface area contributed by atoms with Crippen LogP contribution in [0.3, 0.4) is 0 Å². The van der Waals surface area contributed by atoms with Gasteiger partial charge in [-0.25, -0.2) is 0 Å². The fraction of sp³-hybridized carbons (Fsp3) is 0.176. The second-order valence-electron chi connectivity index (χ2n) is 4.74. The van der Waals surface area contributed by atoms with Gasteiger partial charge in [0.15, 0.2) is 0 Å². The Morgan fingerprint density at radius 1 is 0.947 bits per heavy atom. The summed E-state index contributed by atoms with van der Waals surface area (Å²) in [5.41, 5.74) is 3.37. The van der Waals surface area contributed by atoms with Crippen molar-refractivity contribution in [3.8, 4) is 6.07 Å². The van der Waals surface area contributed by atoms with Gasteiger partial charge in [-0.3, -0.25) is 4.99 Å². The van der Waals surface area contributed by atoms with Crippen molar-refractivity contribution >= 4 is 5.71 Å². The average Bonchev–Trinajstić information content (AvgIpc) is 2.93. The fourth-order valence-electron chi connectivity index (χ4n) is 2.57. The van der Waals surface area contributed by atoms with E-state index in [-0.39, 0.29) is 12.0 Å². The molecule has 0 fully saturated rings. The molecule has 1 heterocycles. The molecule has 0 aromatic heterocycles. The Morgan fingerprint density at radius 2 is 1.58 bits per heavy atom. The molecule has 92 valence electrons. The molecule has 2 aromatic rings. The quantitative estimate of drug-likeness (QED) is 0.798. The number of aliphatic imine (C=N–C) groups is 1. The van der Waals surface area contributed by atoms with Crippen LogP contribution < -0.4 is 0 Å². The maximum atomic E-state index is 9.31. The van der Waals surface area contributed by atoms with Gasteiger partial charge in [-0.15, -0.1) is 0 Å². The van der Waals surface area contributed by atoms with Crippen molar-refractivity contribution in [1.29, 1.82) is 5.26 Å². The van der Waals surface area contributed by atoms with Gasteiger partial charge in [0.2, 0.25) is 0 Å². The van der Waals surface area contributed by atoms with Gasteiger partial charge in [-0.05, 0) is 17.5 Å². The van der Waals surface area contributed by atoms with Gasteiger partial charge in [-0.1, -0.05) is 60.7 Å². The standard InChI is InChI=1S/C17H14N2/c18-12-17-15(13-7-3-1-4-8-13)11-16(19-17)14-9-5-2-6-10-14/h1-10,15,17H,11H2. The predicted octanol–water partition coefficient (Wildman–Crippen LogP) is 3.56. The summed E-state index contributed by atoms with van der Waals surface area (Å²) in [6, 6.07) is 22.4. The summed E-state index contributed by atoms with van der Waals surface area (Å²) >= 11 is 0. The molecule has 2 nitrogen and oxygen atoms in total. The zero-order valence-electron chi connectivity index (χ0n) is 10.5. The van der Waals surface area contributed by atoms with Crippen molar-refractivity contribution < 1.29 is 0 Å². The van der Waals surface area contributed by atoms with Gasteiger partial charge >= 0.3 is 0 Å². The van der Waals surface area contributed by atoms with E-state index in [0.717, 1.165) is 17.7 Å². The van der Waals surface area contributed by atoms with Crippen LogP contribution in [0.15, 0.2) is 65.7 Å². The van der Waals surface area contributed by atoms with E-state index >= 15 is 0 Å². The second-order valence-corrected chi connectivity index (χ2v) is 4.74. The summed E-state index contributed by atoms with van der Waals surface area (Å²) in [6.45, 7) is 0. The Labute approximate surface area is 113 Å². The molecule has 19 heavy (non-hydrogen) atoms. The first kappa shape index (κ1) is 11.7. The number of benzene rings is 2. The van der Waals surface area contributed by atoms with Crippen molar-refractivity contribution in [2.24, 2.45) is 4.99 Å². The zero-order chi connectivity index (χ0) is 13.1. The lowest BCUT2D eigenvalue weighted by Gasteiger charge is -2.12.